The summed E-state index contributed by atoms with van der Waals surface area (Å²) in [7, 11) is 0. The van der Waals surface area contributed by atoms with Crippen molar-refractivity contribution in [1.82, 2.24) is 5.32 Å². The van der Waals surface area contributed by atoms with E-state index in [1.165, 1.54) is 109 Å². The minimum Gasteiger partial charge on any atom is -0.394 e. The van der Waals surface area contributed by atoms with Crippen LogP contribution in [0.25, 0.3) is 0 Å². The van der Waals surface area contributed by atoms with Gasteiger partial charge in [-0.3, -0.25) is 4.79 Å². The van der Waals surface area contributed by atoms with Crippen LogP contribution < -0.4 is 5.32 Å². The maximum absolute atomic E-state index is 13.1. The van der Waals surface area contributed by atoms with E-state index in [0.717, 1.165) is 57.8 Å². The first-order chi connectivity index (χ1) is 28.7. The lowest BCUT2D eigenvalue weighted by molar-refractivity contribution is -0.303. The van der Waals surface area contributed by atoms with Crippen LogP contribution in [0.1, 0.15) is 206 Å². The maximum Gasteiger partial charge on any atom is 0.249 e. The van der Waals surface area contributed by atoms with Crippen LogP contribution in [0.4, 0.5) is 0 Å². The van der Waals surface area contributed by atoms with Gasteiger partial charge in [-0.1, -0.05) is 167 Å². The van der Waals surface area contributed by atoms with E-state index >= 15 is 0 Å². The topological polar surface area (TPSA) is 189 Å². The van der Waals surface area contributed by atoms with Crippen molar-refractivity contribution in [2.24, 2.45) is 0 Å². The van der Waals surface area contributed by atoms with Gasteiger partial charge < -0.3 is 50.5 Å². The Morgan fingerprint density at radius 3 is 1.46 bits per heavy atom. The summed E-state index contributed by atoms with van der Waals surface area (Å²) in [6.45, 7) is 3.39. The molecule has 0 aromatic heterocycles. The minimum atomic E-state index is -1.67. The lowest BCUT2D eigenvalue weighted by atomic mass is 9.98. The van der Waals surface area contributed by atoms with Gasteiger partial charge in [-0.2, -0.15) is 0 Å². The number of aliphatic hydroxyl groups excluding tert-OH is 7. The summed E-state index contributed by atoms with van der Waals surface area (Å²) < 4.78 is 11.1. The summed E-state index contributed by atoms with van der Waals surface area (Å²) in [5.41, 5.74) is 0. The molecule has 9 atom stereocenters. The summed E-state index contributed by atoms with van der Waals surface area (Å²) in [5, 5.41) is 75.5. The van der Waals surface area contributed by atoms with Crippen LogP contribution in [0.5, 0.6) is 0 Å². The van der Waals surface area contributed by atoms with Gasteiger partial charge in [-0.15, -0.1) is 0 Å². The average molecular weight is 842 g/mol. The fraction of sp³-hybridized carbons (Fsp3) is 0.896. The molecule has 1 aliphatic heterocycles. The molecule has 8 N–H and O–H groups in total. The number of unbranched alkanes of at least 4 members (excludes halogenated alkanes) is 24. The molecule has 0 aromatic rings. The maximum atomic E-state index is 13.1. The molecule has 0 aliphatic carbocycles. The first kappa shape index (κ1) is 55.6. The molecule has 9 unspecified atom stereocenters. The molecule has 59 heavy (non-hydrogen) atoms. The molecule has 1 saturated heterocycles. The van der Waals surface area contributed by atoms with E-state index < -0.39 is 74.2 Å². The van der Waals surface area contributed by atoms with E-state index in [0.29, 0.717) is 12.8 Å². The molecule has 0 bridgehead atoms. The number of carbonyl (C=O) groups excluding carboxylic acids is 1. The Kier molecular flexibility index (Phi) is 36.1. The molecule has 0 spiro atoms. The number of aliphatic hydroxyl groups is 7. The molecule has 0 aromatic carbocycles. The van der Waals surface area contributed by atoms with Gasteiger partial charge in [0.2, 0.25) is 5.91 Å². The summed E-state index contributed by atoms with van der Waals surface area (Å²) >= 11 is 0. The second-order valence-electron chi connectivity index (χ2n) is 17.2. The molecule has 1 amide bonds. The number of hydrogen-bond donors (Lipinski definition) is 8. The molecule has 11 nitrogen and oxygen atoms in total. The Morgan fingerprint density at radius 1 is 0.576 bits per heavy atom. The molecule has 0 radical (unpaired) electrons. The summed E-state index contributed by atoms with van der Waals surface area (Å²) in [5.74, 6) is -0.712. The quantitative estimate of drug-likeness (QED) is 0.0221. The van der Waals surface area contributed by atoms with E-state index in [2.05, 4.69) is 43.5 Å². The first-order valence-electron chi connectivity index (χ1n) is 24.2. The SMILES string of the molecule is CCCCCCC/C=C/CCCC(O)C(O)C(COC1OC(CO)C(O)C(O)C1O)NC(=O)C(O)CCCCCCCC/C=C\CCCCCCCCCCCCCC. The van der Waals surface area contributed by atoms with E-state index in [1.54, 1.807) is 0 Å². The number of hydrogen-bond acceptors (Lipinski definition) is 10. The predicted molar refractivity (Wildman–Crippen MR) is 238 cm³/mol. The number of amides is 1. The van der Waals surface area contributed by atoms with Crippen molar-refractivity contribution >= 4 is 5.91 Å². The van der Waals surface area contributed by atoms with Crippen molar-refractivity contribution in [3.8, 4) is 0 Å². The van der Waals surface area contributed by atoms with Gasteiger partial charge in [0.15, 0.2) is 6.29 Å². The lowest BCUT2D eigenvalue weighted by Gasteiger charge is -2.40. The summed E-state index contributed by atoms with van der Waals surface area (Å²) in [6, 6.07) is -1.18. The van der Waals surface area contributed by atoms with Crippen LogP contribution in [0.3, 0.4) is 0 Å². The van der Waals surface area contributed by atoms with E-state index in [9.17, 15) is 40.5 Å². The number of nitrogens with one attached hydrogen (secondary N) is 1. The van der Waals surface area contributed by atoms with Gasteiger partial charge in [-0.05, 0) is 64.2 Å². The molecule has 1 aliphatic rings. The average Bonchev–Trinajstić information content (AvgIpc) is 3.23. The molecular weight excluding hydrogens is 751 g/mol. The molecule has 1 fully saturated rings. The standard InChI is InChI=1S/C48H91NO10/c1-3-5-7-9-11-13-15-16-17-18-19-20-21-22-23-24-25-26-28-30-32-34-36-41(52)47(57)49-39(38-58-48-46(56)45(55)44(54)42(37-50)59-48)43(53)40(51)35-33-31-29-27-14-12-10-8-6-4-2/h22-23,27,29,39-46,48,50-56H,3-21,24-26,28,30-38H2,1-2H3,(H,49,57)/b23-22-,29-27+. The Bertz CT molecular complexity index is 1010. The van der Waals surface area contributed by atoms with Crippen LogP contribution in [0.2, 0.25) is 0 Å². The first-order valence-corrected chi connectivity index (χ1v) is 24.2. The van der Waals surface area contributed by atoms with Crippen LogP contribution >= 0.6 is 0 Å². The molecule has 348 valence electrons. The summed E-state index contributed by atoms with van der Waals surface area (Å²) in [6.07, 6.45) is 31.0. The van der Waals surface area contributed by atoms with Crippen molar-refractivity contribution in [2.45, 2.75) is 262 Å². The Morgan fingerprint density at radius 2 is 1.00 bits per heavy atom. The highest BCUT2D eigenvalue weighted by atomic mass is 16.7. The fourth-order valence-electron chi connectivity index (χ4n) is 7.67. The zero-order valence-corrected chi connectivity index (χ0v) is 37.5. The van der Waals surface area contributed by atoms with Crippen molar-refractivity contribution < 1.29 is 50.0 Å². The second kappa shape index (κ2) is 38.3. The highest BCUT2D eigenvalue weighted by molar-refractivity contribution is 5.80. The number of rotatable bonds is 40. The Hall–Kier alpha value is -1.41. The third kappa shape index (κ3) is 28.0. The zero-order chi connectivity index (χ0) is 43.4. The van der Waals surface area contributed by atoms with Crippen molar-refractivity contribution in [2.75, 3.05) is 13.2 Å². The number of ether oxygens (including phenoxy) is 2. The number of allylic oxidation sites excluding steroid dienone is 4. The molecule has 1 rings (SSSR count). The normalized spacial score (nSPS) is 21.9. The largest absolute Gasteiger partial charge is 0.394 e. The van der Waals surface area contributed by atoms with E-state index in [1.807, 2.05) is 0 Å². The second-order valence-corrected chi connectivity index (χ2v) is 17.2. The lowest BCUT2D eigenvalue weighted by Crippen LogP contribution is -2.60. The van der Waals surface area contributed by atoms with Crippen LogP contribution in [0, 0.1) is 0 Å². The van der Waals surface area contributed by atoms with Gasteiger partial charge in [0.05, 0.1) is 25.4 Å². The van der Waals surface area contributed by atoms with Crippen LogP contribution in [0.15, 0.2) is 24.3 Å². The minimum absolute atomic E-state index is 0.248. The monoisotopic (exact) mass is 842 g/mol. The van der Waals surface area contributed by atoms with E-state index in [4.69, 9.17) is 9.47 Å². The highest BCUT2D eigenvalue weighted by Crippen LogP contribution is 2.23. The van der Waals surface area contributed by atoms with Crippen molar-refractivity contribution in [3.63, 3.8) is 0 Å². The molecule has 11 heteroatoms. The zero-order valence-electron chi connectivity index (χ0n) is 37.5. The van der Waals surface area contributed by atoms with Gasteiger partial charge in [-0.25, -0.2) is 0 Å². The summed E-state index contributed by atoms with van der Waals surface area (Å²) in [4.78, 5) is 13.1. The Balaban J connectivity index is 2.37. The van der Waals surface area contributed by atoms with Crippen molar-refractivity contribution in [3.05, 3.63) is 24.3 Å². The van der Waals surface area contributed by atoms with E-state index in [-0.39, 0.29) is 12.8 Å². The van der Waals surface area contributed by atoms with Crippen LogP contribution in [-0.2, 0) is 14.3 Å². The fourth-order valence-corrected chi connectivity index (χ4v) is 7.67. The third-order valence-corrected chi connectivity index (χ3v) is 11.7. The predicted octanol–water partition coefficient (Wildman–Crippen LogP) is 8.23. The molecule has 1 heterocycles. The van der Waals surface area contributed by atoms with Gasteiger partial charge in [0.25, 0.3) is 0 Å². The Labute approximate surface area is 359 Å². The van der Waals surface area contributed by atoms with Gasteiger partial charge >= 0.3 is 0 Å². The number of carbonyl (C=O) groups is 1. The van der Waals surface area contributed by atoms with Crippen molar-refractivity contribution in [1.29, 1.82) is 0 Å². The highest BCUT2D eigenvalue weighted by Gasteiger charge is 2.44. The van der Waals surface area contributed by atoms with Crippen LogP contribution in [-0.4, -0.2) is 110 Å². The molecular formula is C48H91NO10. The smallest absolute Gasteiger partial charge is 0.249 e. The van der Waals surface area contributed by atoms with Gasteiger partial charge in [0.1, 0.15) is 36.6 Å². The molecule has 0 saturated carbocycles. The third-order valence-electron chi connectivity index (χ3n) is 11.7. The van der Waals surface area contributed by atoms with Gasteiger partial charge in [0, 0.05) is 0 Å².